The zero-order chi connectivity index (χ0) is 29.6. The van der Waals surface area contributed by atoms with Crippen molar-refractivity contribution >= 4 is 29.6 Å². The van der Waals surface area contributed by atoms with Gasteiger partial charge in [-0.25, -0.2) is 4.79 Å². The molecule has 5 fully saturated rings. The van der Waals surface area contributed by atoms with Crippen LogP contribution >= 0.6 is 0 Å². The SMILES string of the molecule is CCOc1cc(/C=C2\C(=O)NC(=O)N(C(C)C34CC5CC(CC(C5)C3)C4)C2=O)ccc1OCc1ccc([N+](=O)[O-])cc1. The number of nitrogens with zero attached hydrogens (tertiary/aromatic N) is 2. The first-order chi connectivity index (χ1) is 20.2. The van der Waals surface area contributed by atoms with Gasteiger partial charge in [0.25, 0.3) is 17.5 Å². The van der Waals surface area contributed by atoms with Gasteiger partial charge in [0.2, 0.25) is 0 Å². The van der Waals surface area contributed by atoms with Gasteiger partial charge in [-0.2, -0.15) is 0 Å². The summed E-state index contributed by atoms with van der Waals surface area (Å²) in [6.45, 7) is 4.33. The number of barbiturate groups is 1. The molecule has 4 aliphatic carbocycles. The number of rotatable bonds is 9. The predicted octanol–water partition coefficient (Wildman–Crippen LogP) is 5.64. The third-order valence-corrected chi connectivity index (χ3v) is 9.61. The summed E-state index contributed by atoms with van der Waals surface area (Å²) in [5, 5.41) is 13.3. The molecule has 2 aromatic rings. The number of benzene rings is 2. The molecule has 1 heterocycles. The van der Waals surface area contributed by atoms with Gasteiger partial charge in [0.1, 0.15) is 12.2 Å². The largest absolute Gasteiger partial charge is 0.490 e. The van der Waals surface area contributed by atoms with Crippen LogP contribution in [-0.2, 0) is 16.2 Å². The minimum atomic E-state index is -0.713. The Hall–Kier alpha value is -4.21. The number of non-ortho nitro benzene ring substituents is 1. The molecule has 4 bridgehead atoms. The Kier molecular flexibility index (Phi) is 7.24. The van der Waals surface area contributed by atoms with Gasteiger partial charge in [-0.15, -0.1) is 0 Å². The lowest BCUT2D eigenvalue weighted by molar-refractivity contribution is -0.384. The van der Waals surface area contributed by atoms with Crippen molar-refractivity contribution in [2.45, 2.75) is 65.0 Å². The van der Waals surface area contributed by atoms with Crippen molar-refractivity contribution in [2.24, 2.45) is 23.2 Å². The van der Waals surface area contributed by atoms with Crippen molar-refractivity contribution < 1.29 is 28.8 Å². The Morgan fingerprint density at radius 2 is 1.64 bits per heavy atom. The van der Waals surface area contributed by atoms with Gasteiger partial charge >= 0.3 is 6.03 Å². The predicted molar refractivity (Wildman–Crippen MR) is 153 cm³/mol. The lowest BCUT2D eigenvalue weighted by Gasteiger charge is -2.60. The van der Waals surface area contributed by atoms with Gasteiger partial charge in [-0.05, 0) is 117 Å². The highest BCUT2D eigenvalue weighted by Crippen LogP contribution is 2.62. The molecular weight excluding hydrogens is 538 g/mol. The van der Waals surface area contributed by atoms with E-state index in [0.717, 1.165) is 24.8 Å². The summed E-state index contributed by atoms with van der Waals surface area (Å²) in [6, 6.07) is 10.2. The summed E-state index contributed by atoms with van der Waals surface area (Å²) in [5.41, 5.74) is 1.12. The fourth-order valence-corrected chi connectivity index (χ4v) is 8.03. The zero-order valence-electron chi connectivity index (χ0n) is 23.8. The second kappa shape index (κ2) is 10.9. The van der Waals surface area contributed by atoms with E-state index in [9.17, 15) is 24.5 Å². The number of nitro groups is 1. The Balaban J connectivity index is 1.22. The smallest absolute Gasteiger partial charge is 0.331 e. The van der Waals surface area contributed by atoms with Gasteiger partial charge < -0.3 is 9.47 Å². The molecule has 1 unspecified atom stereocenters. The van der Waals surface area contributed by atoms with Crippen molar-refractivity contribution in [1.82, 2.24) is 10.2 Å². The Bertz CT molecular complexity index is 1430. The minimum Gasteiger partial charge on any atom is -0.490 e. The molecule has 0 spiro atoms. The number of hydrogen-bond acceptors (Lipinski definition) is 7. The van der Waals surface area contributed by atoms with E-state index in [1.54, 1.807) is 30.3 Å². The molecule has 7 rings (SSSR count). The fourth-order valence-electron chi connectivity index (χ4n) is 8.03. The maximum Gasteiger partial charge on any atom is 0.331 e. The van der Waals surface area contributed by atoms with E-state index in [-0.39, 0.29) is 29.3 Å². The van der Waals surface area contributed by atoms with Crippen LogP contribution in [0.4, 0.5) is 10.5 Å². The summed E-state index contributed by atoms with van der Waals surface area (Å²) in [7, 11) is 0. The molecule has 4 amide bonds. The fraction of sp³-hybridized carbons (Fsp3) is 0.469. The normalized spacial score (nSPS) is 28.1. The average Bonchev–Trinajstić information content (AvgIpc) is 2.94. The molecule has 4 saturated carbocycles. The van der Waals surface area contributed by atoms with Crippen LogP contribution in [0.1, 0.15) is 63.5 Å². The highest BCUT2D eigenvalue weighted by molar-refractivity contribution is 6.31. The van der Waals surface area contributed by atoms with Gasteiger partial charge in [-0.3, -0.25) is 29.9 Å². The molecule has 1 saturated heterocycles. The molecule has 2 aromatic carbocycles. The van der Waals surface area contributed by atoms with Crippen molar-refractivity contribution in [1.29, 1.82) is 0 Å². The summed E-state index contributed by atoms with van der Waals surface area (Å²) in [6.07, 6.45) is 8.35. The van der Waals surface area contributed by atoms with Crippen LogP contribution < -0.4 is 14.8 Å². The van der Waals surface area contributed by atoms with Crippen LogP contribution in [0, 0.1) is 33.3 Å². The van der Waals surface area contributed by atoms with Crippen molar-refractivity contribution in [3.63, 3.8) is 0 Å². The number of imide groups is 2. The number of hydrogen-bond donors (Lipinski definition) is 1. The van der Waals surface area contributed by atoms with E-state index in [1.165, 1.54) is 42.4 Å². The van der Waals surface area contributed by atoms with E-state index in [4.69, 9.17) is 9.47 Å². The molecule has 220 valence electrons. The lowest BCUT2D eigenvalue weighted by Crippen LogP contribution is -2.63. The van der Waals surface area contributed by atoms with Gasteiger partial charge in [0, 0.05) is 18.2 Å². The molecule has 5 aliphatic rings. The van der Waals surface area contributed by atoms with Crippen LogP contribution in [0.2, 0.25) is 0 Å². The molecule has 10 nitrogen and oxygen atoms in total. The van der Waals surface area contributed by atoms with E-state index < -0.39 is 22.8 Å². The summed E-state index contributed by atoms with van der Waals surface area (Å²) in [5.74, 6) is 1.58. The number of carbonyl (C=O) groups excluding carboxylic acids is 3. The molecule has 0 aromatic heterocycles. The first-order valence-corrected chi connectivity index (χ1v) is 14.7. The number of urea groups is 1. The number of amides is 4. The minimum absolute atomic E-state index is 0.0000337. The van der Waals surface area contributed by atoms with Gasteiger partial charge in [0.05, 0.1) is 11.5 Å². The maximum atomic E-state index is 13.8. The van der Waals surface area contributed by atoms with Crippen LogP contribution in [0.15, 0.2) is 48.0 Å². The summed E-state index contributed by atoms with van der Waals surface area (Å²) in [4.78, 5) is 51.4. The van der Waals surface area contributed by atoms with Crippen molar-refractivity contribution in [2.75, 3.05) is 6.61 Å². The molecule has 1 aliphatic heterocycles. The van der Waals surface area contributed by atoms with Gasteiger partial charge in [0.15, 0.2) is 11.5 Å². The van der Waals surface area contributed by atoms with Crippen LogP contribution in [0.5, 0.6) is 11.5 Å². The molecule has 42 heavy (non-hydrogen) atoms. The van der Waals surface area contributed by atoms with Crippen LogP contribution in [0.3, 0.4) is 0 Å². The third kappa shape index (κ3) is 5.14. The number of nitro benzene ring substituents is 1. The van der Waals surface area contributed by atoms with Crippen molar-refractivity contribution in [3.8, 4) is 11.5 Å². The highest BCUT2D eigenvalue weighted by Gasteiger charge is 2.56. The summed E-state index contributed by atoms with van der Waals surface area (Å²) < 4.78 is 11.7. The monoisotopic (exact) mass is 573 g/mol. The van der Waals surface area contributed by atoms with Gasteiger partial charge in [-0.1, -0.05) is 6.07 Å². The Morgan fingerprint density at radius 3 is 2.24 bits per heavy atom. The number of ether oxygens (including phenoxy) is 2. The topological polar surface area (TPSA) is 128 Å². The second-order valence-electron chi connectivity index (χ2n) is 12.3. The van der Waals surface area contributed by atoms with E-state index in [1.807, 2.05) is 13.8 Å². The first-order valence-electron chi connectivity index (χ1n) is 14.7. The van der Waals surface area contributed by atoms with E-state index >= 15 is 0 Å². The maximum absolute atomic E-state index is 13.8. The molecular formula is C32H35N3O7. The lowest BCUT2D eigenvalue weighted by atomic mass is 9.47. The van der Waals surface area contributed by atoms with E-state index in [2.05, 4.69) is 5.32 Å². The molecule has 1 N–H and O–H groups in total. The van der Waals surface area contributed by atoms with Crippen molar-refractivity contribution in [3.05, 3.63) is 69.3 Å². The number of nitrogens with one attached hydrogen (secondary N) is 1. The Morgan fingerprint density at radius 1 is 1.00 bits per heavy atom. The van der Waals surface area contributed by atoms with E-state index in [0.29, 0.717) is 41.4 Å². The first kappa shape index (κ1) is 27.9. The second-order valence-corrected chi connectivity index (χ2v) is 12.3. The van der Waals surface area contributed by atoms with Crippen LogP contribution in [0.25, 0.3) is 6.08 Å². The summed E-state index contributed by atoms with van der Waals surface area (Å²) >= 11 is 0. The highest BCUT2D eigenvalue weighted by atomic mass is 16.6. The standard InChI is InChI=1S/C32H35N3O7/c1-3-41-28-14-21(6-9-27(28)42-18-20-4-7-25(8-5-20)35(39)40)13-26-29(36)33-31(38)34(30(26)37)19(2)32-15-22-10-23(16-32)12-24(11-22)17-32/h4-9,13-14,19,22-24H,3,10-12,15-18H2,1-2H3,(H,33,36,38)/b26-13+. The van der Waals surface area contributed by atoms with Crippen LogP contribution in [-0.4, -0.2) is 40.3 Å². The Labute approximate surface area is 244 Å². The molecule has 10 heteroatoms. The molecule has 1 atom stereocenters. The quantitative estimate of drug-likeness (QED) is 0.178. The average molecular weight is 574 g/mol. The zero-order valence-corrected chi connectivity index (χ0v) is 23.8. The molecule has 0 radical (unpaired) electrons. The third-order valence-electron chi connectivity index (χ3n) is 9.61. The number of carbonyl (C=O) groups is 3.